The van der Waals surface area contributed by atoms with Gasteiger partial charge in [0, 0.05) is 19.0 Å². The molecule has 1 aliphatic heterocycles. The quantitative estimate of drug-likeness (QED) is 0.576. The van der Waals surface area contributed by atoms with E-state index in [2.05, 4.69) is 10.7 Å². The molecular formula is C13H20N2O3. The van der Waals surface area contributed by atoms with Gasteiger partial charge in [-0.25, -0.2) is 0 Å². The Hall–Kier alpha value is -1.54. The number of methoxy groups -OCH3 is 1. The number of terminal acetylenes is 1. The fourth-order valence-electron chi connectivity index (χ4n) is 2.21. The number of piperidine rings is 1. The predicted molar refractivity (Wildman–Crippen MR) is 67.4 cm³/mol. The second kappa shape index (κ2) is 7.02. The third-order valence-corrected chi connectivity index (χ3v) is 3.20. The fourth-order valence-corrected chi connectivity index (χ4v) is 2.21. The fraction of sp³-hybridized carbons (Fsp3) is 0.692. The molecule has 0 aromatic heterocycles. The molecule has 0 radical (unpaired) electrons. The minimum absolute atomic E-state index is 0.109. The average molecular weight is 252 g/mol. The Balaban J connectivity index is 2.67. The lowest BCUT2D eigenvalue weighted by atomic mass is 9.98. The Morgan fingerprint density at radius 1 is 1.56 bits per heavy atom. The SMILES string of the molecule is C#CCC(N)C(=O)N1CCCCC1CC(=O)OC. The van der Waals surface area contributed by atoms with Crippen LogP contribution in [0.4, 0.5) is 0 Å². The molecule has 1 fully saturated rings. The Morgan fingerprint density at radius 3 is 2.89 bits per heavy atom. The van der Waals surface area contributed by atoms with Crippen molar-refractivity contribution in [2.24, 2.45) is 5.73 Å². The van der Waals surface area contributed by atoms with Crippen LogP contribution in [0, 0.1) is 12.3 Å². The summed E-state index contributed by atoms with van der Waals surface area (Å²) in [5.74, 6) is 1.92. The second-order valence-corrected chi connectivity index (χ2v) is 4.48. The summed E-state index contributed by atoms with van der Waals surface area (Å²) in [5.41, 5.74) is 5.73. The molecule has 18 heavy (non-hydrogen) atoms. The van der Waals surface area contributed by atoms with Crippen molar-refractivity contribution in [2.45, 2.75) is 44.2 Å². The van der Waals surface area contributed by atoms with Crippen molar-refractivity contribution in [1.82, 2.24) is 4.90 Å². The van der Waals surface area contributed by atoms with Crippen molar-refractivity contribution in [1.29, 1.82) is 0 Å². The summed E-state index contributed by atoms with van der Waals surface area (Å²) in [6, 6.07) is -0.782. The zero-order valence-corrected chi connectivity index (χ0v) is 10.7. The Kier molecular flexibility index (Phi) is 5.66. The molecule has 2 atom stereocenters. The smallest absolute Gasteiger partial charge is 0.307 e. The number of hydrogen-bond donors (Lipinski definition) is 1. The van der Waals surface area contributed by atoms with Crippen LogP contribution < -0.4 is 5.73 Å². The van der Waals surface area contributed by atoms with Crippen LogP contribution in [0.15, 0.2) is 0 Å². The summed E-state index contributed by atoms with van der Waals surface area (Å²) in [5, 5.41) is 0. The van der Waals surface area contributed by atoms with E-state index < -0.39 is 6.04 Å². The van der Waals surface area contributed by atoms with E-state index in [1.807, 2.05) is 0 Å². The van der Waals surface area contributed by atoms with E-state index in [9.17, 15) is 9.59 Å². The Labute approximate surface area is 108 Å². The van der Waals surface area contributed by atoms with E-state index in [4.69, 9.17) is 12.2 Å². The highest BCUT2D eigenvalue weighted by atomic mass is 16.5. The summed E-state index contributed by atoms with van der Waals surface area (Å²) in [6.07, 6.45) is 8.36. The molecule has 1 saturated heterocycles. The first-order chi connectivity index (χ1) is 8.60. The van der Waals surface area contributed by atoms with Crippen LogP contribution in [0.25, 0.3) is 0 Å². The van der Waals surface area contributed by atoms with Gasteiger partial charge in [0.05, 0.1) is 19.6 Å². The minimum Gasteiger partial charge on any atom is -0.469 e. The van der Waals surface area contributed by atoms with Crippen LogP contribution in [0.2, 0.25) is 0 Å². The van der Waals surface area contributed by atoms with Gasteiger partial charge in [-0.3, -0.25) is 9.59 Å². The number of likely N-dealkylation sites (tertiary alicyclic amines) is 1. The third kappa shape index (κ3) is 3.74. The number of rotatable bonds is 4. The van der Waals surface area contributed by atoms with Crippen molar-refractivity contribution in [3.63, 3.8) is 0 Å². The molecule has 1 aliphatic rings. The van der Waals surface area contributed by atoms with Gasteiger partial charge < -0.3 is 15.4 Å². The van der Waals surface area contributed by atoms with E-state index in [0.29, 0.717) is 6.54 Å². The molecule has 1 amide bonds. The van der Waals surface area contributed by atoms with Gasteiger partial charge in [0.25, 0.3) is 0 Å². The standard InChI is InChI=1S/C13H20N2O3/c1-3-6-11(14)13(17)15-8-5-4-7-10(15)9-12(16)18-2/h1,10-11H,4-9,14H2,2H3. The van der Waals surface area contributed by atoms with E-state index >= 15 is 0 Å². The number of esters is 1. The van der Waals surface area contributed by atoms with Gasteiger partial charge in [0.15, 0.2) is 0 Å². The van der Waals surface area contributed by atoms with E-state index in [1.54, 1.807) is 4.90 Å². The Bertz CT molecular complexity index is 349. The third-order valence-electron chi connectivity index (χ3n) is 3.20. The van der Waals surface area contributed by atoms with Gasteiger partial charge in [-0.1, -0.05) is 0 Å². The zero-order chi connectivity index (χ0) is 13.5. The Morgan fingerprint density at radius 2 is 2.28 bits per heavy atom. The number of nitrogens with zero attached hydrogens (tertiary/aromatic N) is 1. The molecule has 5 heteroatoms. The molecule has 2 unspecified atom stereocenters. The first-order valence-electron chi connectivity index (χ1n) is 6.16. The first kappa shape index (κ1) is 14.5. The highest BCUT2D eigenvalue weighted by molar-refractivity contribution is 5.83. The minimum atomic E-state index is -0.673. The van der Waals surface area contributed by atoms with Crippen LogP contribution in [0.3, 0.4) is 0 Å². The number of carbonyl (C=O) groups is 2. The monoisotopic (exact) mass is 252 g/mol. The summed E-state index contributed by atoms with van der Waals surface area (Å²) in [6.45, 7) is 0.638. The number of hydrogen-bond acceptors (Lipinski definition) is 4. The molecule has 0 saturated carbocycles. The summed E-state index contributed by atoms with van der Waals surface area (Å²) in [7, 11) is 1.35. The van der Waals surface area contributed by atoms with Crippen molar-refractivity contribution in [2.75, 3.05) is 13.7 Å². The molecule has 1 heterocycles. The van der Waals surface area contributed by atoms with Gasteiger partial charge in [-0.2, -0.15) is 0 Å². The van der Waals surface area contributed by atoms with Crippen LogP contribution >= 0.6 is 0 Å². The van der Waals surface area contributed by atoms with Crippen molar-refractivity contribution >= 4 is 11.9 Å². The van der Waals surface area contributed by atoms with Crippen LogP contribution in [0.5, 0.6) is 0 Å². The van der Waals surface area contributed by atoms with Crippen LogP contribution in [-0.4, -0.2) is 42.5 Å². The summed E-state index contributed by atoms with van der Waals surface area (Å²) in [4.78, 5) is 25.1. The second-order valence-electron chi connectivity index (χ2n) is 4.48. The van der Waals surface area contributed by atoms with Gasteiger partial charge in [-0.05, 0) is 19.3 Å². The highest BCUT2D eigenvalue weighted by Gasteiger charge is 2.31. The first-order valence-corrected chi connectivity index (χ1v) is 6.16. The van der Waals surface area contributed by atoms with E-state index in [-0.39, 0.29) is 30.8 Å². The maximum Gasteiger partial charge on any atom is 0.307 e. The number of amides is 1. The largest absolute Gasteiger partial charge is 0.469 e. The van der Waals surface area contributed by atoms with E-state index in [1.165, 1.54) is 7.11 Å². The van der Waals surface area contributed by atoms with Gasteiger partial charge in [-0.15, -0.1) is 12.3 Å². The summed E-state index contributed by atoms with van der Waals surface area (Å²) >= 11 is 0. The van der Waals surface area contributed by atoms with Crippen molar-refractivity contribution in [3.05, 3.63) is 0 Å². The van der Waals surface area contributed by atoms with E-state index in [0.717, 1.165) is 19.3 Å². The molecule has 0 aromatic carbocycles. The predicted octanol–water partition coefficient (Wildman–Crippen LogP) is 0.281. The molecule has 0 bridgehead atoms. The molecule has 0 spiro atoms. The maximum atomic E-state index is 12.1. The number of carbonyl (C=O) groups excluding carboxylic acids is 2. The lowest BCUT2D eigenvalue weighted by molar-refractivity contribution is -0.145. The van der Waals surface area contributed by atoms with Crippen LogP contribution in [0.1, 0.15) is 32.1 Å². The molecular weight excluding hydrogens is 232 g/mol. The molecule has 2 N–H and O–H groups in total. The van der Waals surface area contributed by atoms with Crippen molar-refractivity contribution < 1.29 is 14.3 Å². The number of ether oxygens (including phenoxy) is 1. The molecule has 5 nitrogen and oxygen atoms in total. The van der Waals surface area contributed by atoms with Crippen LogP contribution in [-0.2, 0) is 14.3 Å². The molecule has 0 aromatic rings. The summed E-state index contributed by atoms with van der Waals surface area (Å²) < 4.78 is 4.65. The number of nitrogens with two attached hydrogens (primary N) is 1. The van der Waals surface area contributed by atoms with Gasteiger partial charge in [0.1, 0.15) is 0 Å². The van der Waals surface area contributed by atoms with Gasteiger partial charge in [0.2, 0.25) is 5.91 Å². The lowest BCUT2D eigenvalue weighted by Crippen LogP contribution is -2.51. The highest BCUT2D eigenvalue weighted by Crippen LogP contribution is 2.21. The lowest BCUT2D eigenvalue weighted by Gasteiger charge is -2.36. The average Bonchev–Trinajstić information content (AvgIpc) is 2.38. The molecule has 1 rings (SSSR count). The molecule has 100 valence electrons. The topological polar surface area (TPSA) is 72.6 Å². The zero-order valence-electron chi connectivity index (χ0n) is 10.7. The normalized spacial score (nSPS) is 20.9. The van der Waals surface area contributed by atoms with Gasteiger partial charge >= 0.3 is 5.97 Å². The molecule has 0 aliphatic carbocycles. The van der Waals surface area contributed by atoms with Crippen molar-refractivity contribution in [3.8, 4) is 12.3 Å². The maximum absolute atomic E-state index is 12.1.